The second-order valence-electron chi connectivity index (χ2n) is 3.53. The lowest BCUT2D eigenvalue weighted by atomic mass is 10.2. The zero-order valence-corrected chi connectivity index (χ0v) is 9.12. The average Bonchev–Trinajstić information content (AvgIpc) is 2.70. The number of hydrogen-bond acceptors (Lipinski definition) is 4. The van der Waals surface area contributed by atoms with Crippen LogP contribution in [0.15, 0.2) is 15.8 Å². The lowest BCUT2D eigenvalue weighted by Crippen LogP contribution is -2.35. The van der Waals surface area contributed by atoms with Crippen molar-refractivity contribution in [3.63, 3.8) is 0 Å². The Labute approximate surface area is 94.3 Å². The van der Waals surface area contributed by atoms with E-state index in [9.17, 15) is 14.4 Å². The summed E-state index contributed by atoms with van der Waals surface area (Å²) in [6, 6.07) is -0.0209. The van der Waals surface area contributed by atoms with E-state index in [4.69, 9.17) is 5.11 Å². The Kier molecular flexibility index (Phi) is 2.86. The van der Waals surface area contributed by atoms with E-state index in [1.54, 1.807) is 11.8 Å². The number of carbonyl (C=O) groups is 1. The molecule has 6 nitrogen and oxygen atoms in total. The second kappa shape index (κ2) is 4.17. The van der Waals surface area contributed by atoms with Crippen molar-refractivity contribution in [1.82, 2.24) is 9.55 Å². The van der Waals surface area contributed by atoms with Gasteiger partial charge in [-0.25, -0.2) is 9.59 Å². The zero-order valence-electron chi connectivity index (χ0n) is 8.30. The van der Waals surface area contributed by atoms with Crippen LogP contribution in [0.25, 0.3) is 0 Å². The molecule has 0 spiro atoms. The van der Waals surface area contributed by atoms with Crippen LogP contribution in [-0.4, -0.2) is 32.1 Å². The fraction of sp³-hybridized carbons (Fsp3) is 0.444. The van der Waals surface area contributed by atoms with Crippen LogP contribution in [0.3, 0.4) is 0 Å². The molecule has 7 heteroatoms. The van der Waals surface area contributed by atoms with Gasteiger partial charge in [-0.05, 0) is 12.2 Å². The molecule has 86 valence electrons. The Morgan fingerprint density at radius 3 is 2.88 bits per heavy atom. The third kappa shape index (κ3) is 1.90. The molecule has 1 saturated heterocycles. The lowest BCUT2D eigenvalue weighted by Gasteiger charge is -2.11. The van der Waals surface area contributed by atoms with Gasteiger partial charge >= 0.3 is 11.7 Å². The van der Waals surface area contributed by atoms with Crippen LogP contribution >= 0.6 is 11.8 Å². The Hall–Kier alpha value is -1.50. The normalized spacial score (nSPS) is 19.9. The summed E-state index contributed by atoms with van der Waals surface area (Å²) >= 11 is 1.71. The van der Waals surface area contributed by atoms with Gasteiger partial charge in [-0.1, -0.05) is 0 Å². The zero-order chi connectivity index (χ0) is 11.7. The first kappa shape index (κ1) is 11.0. The summed E-state index contributed by atoms with van der Waals surface area (Å²) in [6.07, 6.45) is 1.95. The molecule has 0 bridgehead atoms. The predicted octanol–water partition coefficient (Wildman–Crippen LogP) is -0.0872. The molecular formula is C9H10N2O4S. The third-order valence-electron chi connectivity index (χ3n) is 2.50. The SMILES string of the molecule is O=C(O)c1cn(C2CCSC2)c(=O)[nH]c1=O. The molecule has 0 radical (unpaired) electrons. The maximum atomic E-state index is 11.5. The second-order valence-corrected chi connectivity index (χ2v) is 4.68. The summed E-state index contributed by atoms with van der Waals surface area (Å²) in [4.78, 5) is 35.5. The maximum Gasteiger partial charge on any atom is 0.342 e. The number of nitrogens with zero attached hydrogens (tertiary/aromatic N) is 1. The first-order valence-corrected chi connectivity index (χ1v) is 5.91. The molecule has 2 N–H and O–H groups in total. The molecule has 1 aromatic rings. The first-order chi connectivity index (χ1) is 7.59. The van der Waals surface area contributed by atoms with Crippen molar-refractivity contribution >= 4 is 17.7 Å². The van der Waals surface area contributed by atoms with E-state index >= 15 is 0 Å². The first-order valence-electron chi connectivity index (χ1n) is 4.76. The molecule has 1 atom stereocenters. The van der Waals surface area contributed by atoms with Crippen molar-refractivity contribution in [3.8, 4) is 0 Å². The van der Waals surface area contributed by atoms with Gasteiger partial charge in [0, 0.05) is 18.0 Å². The van der Waals surface area contributed by atoms with Crippen molar-refractivity contribution in [2.75, 3.05) is 11.5 Å². The molecule has 16 heavy (non-hydrogen) atoms. The van der Waals surface area contributed by atoms with Crippen LogP contribution in [-0.2, 0) is 0 Å². The maximum absolute atomic E-state index is 11.5. The van der Waals surface area contributed by atoms with E-state index < -0.39 is 22.8 Å². The van der Waals surface area contributed by atoms with Gasteiger partial charge in [-0.3, -0.25) is 14.3 Å². The van der Waals surface area contributed by atoms with E-state index in [0.29, 0.717) is 0 Å². The minimum atomic E-state index is -1.32. The number of hydrogen-bond donors (Lipinski definition) is 2. The highest BCUT2D eigenvalue weighted by Crippen LogP contribution is 2.26. The van der Waals surface area contributed by atoms with E-state index in [0.717, 1.165) is 24.1 Å². The Balaban J connectivity index is 2.53. The molecule has 0 aromatic carbocycles. The number of H-pyrrole nitrogens is 1. The van der Waals surface area contributed by atoms with E-state index in [1.807, 2.05) is 4.98 Å². The number of rotatable bonds is 2. The topological polar surface area (TPSA) is 92.2 Å². The summed E-state index contributed by atoms with van der Waals surface area (Å²) in [5, 5.41) is 8.78. The smallest absolute Gasteiger partial charge is 0.342 e. The highest BCUT2D eigenvalue weighted by atomic mass is 32.2. The fourth-order valence-corrected chi connectivity index (χ4v) is 2.86. The minimum absolute atomic E-state index is 0.0209. The summed E-state index contributed by atoms with van der Waals surface area (Å²) < 4.78 is 1.31. The summed E-state index contributed by atoms with van der Waals surface area (Å²) in [5.41, 5.74) is -1.78. The van der Waals surface area contributed by atoms with E-state index in [1.165, 1.54) is 4.57 Å². The quantitative estimate of drug-likeness (QED) is 0.756. The molecule has 1 aromatic heterocycles. The van der Waals surface area contributed by atoms with Crippen molar-refractivity contribution in [2.45, 2.75) is 12.5 Å². The van der Waals surface area contributed by atoms with Gasteiger partial charge in [0.25, 0.3) is 5.56 Å². The molecule has 2 heterocycles. The van der Waals surface area contributed by atoms with Crippen molar-refractivity contribution in [2.24, 2.45) is 0 Å². The number of aromatic nitrogens is 2. The Morgan fingerprint density at radius 1 is 1.56 bits per heavy atom. The van der Waals surface area contributed by atoms with Gasteiger partial charge in [-0.15, -0.1) is 0 Å². The molecule has 1 fully saturated rings. The average molecular weight is 242 g/mol. The minimum Gasteiger partial charge on any atom is -0.477 e. The van der Waals surface area contributed by atoms with Crippen LogP contribution in [0.2, 0.25) is 0 Å². The standard InChI is InChI=1S/C9H10N2O4S/c12-7-6(8(13)14)3-11(9(15)10-7)5-1-2-16-4-5/h3,5H,1-2,4H2,(H,13,14)(H,10,12,15). The van der Waals surface area contributed by atoms with Crippen molar-refractivity contribution < 1.29 is 9.90 Å². The van der Waals surface area contributed by atoms with Gasteiger partial charge in [0.2, 0.25) is 0 Å². The van der Waals surface area contributed by atoms with Crippen LogP contribution in [0, 0.1) is 0 Å². The highest BCUT2D eigenvalue weighted by Gasteiger charge is 2.21. The van der Waals surface area contributed by atoms with Gasteiger partial charge in [-0.2, -0.15) is 11.8 Å². The van der Waals surface area contributed by atoms with Crippen LogP contribution in [0.4, 0.5) is 0 Å². The number of carboxylic acids is 1. The number of nitrogens with one attached hydrogen (secondary N) is 1. The van der Waals surface area contributed by atoms with Crippen molar-refractivity contribution in [3.05, 3.63) is 32.6 Å². The molecule has 1 unspecified atom stereocenters. The van der Waals surface area contributed by atoms with Crippen LogP contribution in [0.5, 0.6) is 0 Å². The van der Waals surface area contributed by atoms with Gasteiger partial charge in [0.05, 0.1) is 0 Å². The van der Waals surface area contributed by atoms with Gasteiger partial charge in [0.1, 0.15) is 5.56 Å². The summed E-state index contributed by atoms with van der Waals surface area (Å²) in [7, 11) is 0. The van der Waals surface area contributed by atoms with Crippen LogP contribution < -0.4 is 11.2 Å². The van der Waals surface area contributed by atoms with Gasteiger partial charge < -0.3 is 5.11 Å². The third-order valence-corrected chi connectivity index (χ3v) is 3.64. The molecule has 0 amide bonds. The number of thioether (sulfide) groups is 1. The monoisotopic (exact) mass is 242 g/mol. The molecule has 1 aliphatic heterocycles. The number of aromatic carboxylic acids is 1. The summed E-state index contributed by atoms with van der Waals surface area (Å²) in [6.45, 7) is 0. The molecule has 1 aliphatic rings. The highest BCUT2D eigenvalue weighted by molar-refractivity contribution is 7.99. The van der Waals surface area contributed by atoms with E-state index in [2.05, 4.69) is 0 Å². The summed E-state index contributed by atoms with van der Waals surface area (Å²) in [5.74, 6) is 0.393. The largest absolute Gasteiger partial charge is 0.477 e. The molecule has 2 rings (SSSR count). The Morgan fingerprint density at radius 2 is 2.31 bits per heavy atom. The number of carboxylic acid groups (broad SMARTS) is 1. The molecular weight excluding hydrogens is 232 g/mol. The fourth-order valence-electron chi connectivity index (χ4n) is 1.65. The molecule has 0 aliphatic carbocycles. The lowest BCUT2D eigenvalue weighted by molar-refractivity contribution is 0.0693. The number of aromatic amines is 1. The van der Waals surface area contributed by atoms with Crippen LogP contribution in [0.1, 0.15) is 22.8 Å². The van der Waals surface area contributed by atoms with Crippen molar-refractivity contribution in [1.29, 1.82) is 0 Å². The molecule has 0 saturated carbocycles. The Bertz CT molecular complexity index is 527. The van der Waals surface area contributed by atoms with E-state index in [-0.39, 0.29) is 6.04 Å². The predicted molar refractivity (Wildman–Crippen MR) is 59.3 cm³/mol. The van der Waals surface area contributed by atoms with Gasteiger partial charge in [0.15, 0.2) is 0 Å².